The fourth-order valence-corrected chi connectivity index (χ4v) is 3.39. The quantitative estimate of drug-likeness (QED) is 0.483. The van der Waals surface area contributed by atoms with Crippen molar-refractivity contribution in [2.24, 2.45) is 23.6 Å². The molecule has 0 heterocycles. The van der Waals surface area contributed by atoms with Crippen molar-refractivity contribution < 1.29 is 2.74 Å². The van der Waals surface area contributed by atoms with Gasteiger partial charge in [0.25, 0.3) is 0 Å². The van der Waals surface area contributed by atoms with E-state index in [-0.39, 0.29) is 11.8 Å². The Labute approximate surface area is 65.8 Å². The highest BCUT2D eigenvalue weighted by atomic mass is 14.5. The molecule has 0 spiro atoms. The van der Waals surface area contributed by atoms with E-state index in [9.17, 15) is 0 Å². The lowest BCUT2D eigenvalue weighted by Gasteiger charge is -2.49. The fraction of sp³-hybridized carbons (Fsp3) is 1.00. The average Bonchev–Trinajstić information content (AvgIpc) is 1.75. The van der Waals surface area contributed by atoms with Gasteiger partial charge < -0.3 is 0 Å². The second-order valence-corrected chi connectivity index (χ2v) is 4.46. The largest absolute Gasteiger partial charge is 0.0475 e. The van der Waals surface area contributed by atoms with Crippen LogP contribution in [0.4, 0.5) is 0 Å². The lowest BCUT2D eigenvalue weighted by Crippen LogP contribution is -2.38. The molecule has 4 aliphatic rings. The highest BCUT2D eigenvalue weighted by Crippen LogP contribution is 2.53. The summed E-state index contributed by atoms with van der Waals surface area (Å²) < 4.78 is 16.4. The van der Waals surface area contributed by atoms with Gasteiger partial charge in [0, 0.05) is 2.74 Å². The summed E-state index contributed by atoms with van der Waals surface area (Å²) >= 11 is 0. The van der Waals surface area contributed by atoms with Crippen LogP contribution in [0, 0.1) is 23.6 Å². The molecule has 0 heteroatoms. The molecule has 4 saturated carbocycles. The Bertz CT molecular complexity index is 190. The zero-order valence-corrected chi connectivity index (χ0v) is 6.40. The first-order chi connectivity index (χ1) is 5.57. The van der Waals surface area contributed by atoms with Gasteiger partial charge in [0.2, 0.25) is 0 Å². The first-order valence-electron chi connectivity index (χ1n) is 5.57. The maximum absolute atomic E-state index is 8.22. The Kier molecular flexibility index (Phi) is 0.735. The molecule has 4 fully saturated rings. The van der Waals surface area contributed by atoms with Crippen LogP contribution in [0.25, 0.3) is 0 Å². The first-order valence-corrected chi connectivity index (χ1v) is 4.57. The summed E-state index contributed by atoms with van der Waals surface area (Å²) in [6.45, 7) is 0. The molecule has 4 aliphatic carbocycles. The summed E-state index contributed by atoms with van der Waals surface area (Å²) in [5, 5.41) is 0. The third kappa shape index (κ3) is 0.681. The maximum atomic E-state index is 8.22. The van der Waals surface area contributed by atoms with Gasteiger partial charge in [-0.1, -0.05) is 0 Å². The Morgan fingerprint density at radius 3 is 1.60 bits per heavy atom. The molecule has 0 nitrogen and oxygen atoms in total. The lowest BCUT2D eigenvalue weighted by atomic mass is 9.56. The van der Waals surface area contributed by atoms with E-state index in [0.29, 0.717) is 0 Å². The van der Waals surface area contributed by atoms with E-state index >= 15 is 0 Å². The SMILES string of the molecule is [2H]C12CC3CC(C1)CC([2H])(C3)C2. The Morgan fingerprint density at radius 1 is 0.700 bits per heavy atom. The van der Waals surface area contributed by atoms with E-state index in [1.165, 1.54) is 6.42 Å². The van der Waals surface area contributed by atoms with Crippen LogP contribution < -0.4 is 0 Å². The van der Waals surface area contributed by atoms with E-state index < -0.39 is 0 Å². The highest BCUT2D eigenvalue weighted by Gasteiger charge is 2.41. The van der Waals surface area contributed by atoms with E-state index in [1.54, 1.807) is 0 Å². The van der Waals surface area contributed by atoms with Crippen LogP contribution in [0.2, 0.25) is 0 Å². The smallest absolute Gasteiger partial charge is 0.0303 e. The van der Waals surface area contributed by atoms with Crippen molar-refractivity contribution in [2.75, 3.05) is 0 Å². The molecule has 10 heavy (non-hydrogen) atoms. The lowest BCUT2D eigenvalue weighted by molar-refractivity contribution is 0.0198. The minimum atomic E-state index is -0.175. The van der Waals surface area contributed by atoms with Crippen LogP contribution in [-0.4, -0.2) is 0 Å². The summed E-state index contributed by atoms with van der Waals surface area (Å²) in [5.74, 6) is 1.12. The first kappa shape index (κ1) is 4.13. The standard InChI is InChI=1S/C10H16/c1-7-2-9-4-8(1)5-10(3-7)6-9/h7-10H,1-6H2/i7D,8D. The van der Waals surface area contributed by atoms with E-state index in [2.05, 4.69) is 0 Å². The van der Waals surface area contributed by atoms with Gasteiger partial charge in [0.05, 0.1) is 0 Å². The third-order valence-corrected chi connectivity index (χ3v) is 3.48. The molecule has 0 aromatic heterocycles. The molecule has 0 aromatic carbocycles. The van der Waals surface area contributed by atoms with Crippen LogP contribution in [0.5, 0.6) is 0 Å². The van der Waals surface area contributed by atoms with Crippen molar-refractivity contribution in [1.82, 2.24) is 0 Å². The molecule has 0 atom stereocenters. The highest BCUT2D eigenvalue weighted by molar-refractivity contribution is 4.92. The Morgan fingerprint density at radius 2 is 1.20 bits per heavy atom. The number of hydrogen-bond donors (Lipinski definition) is 0. The van der Waals surface area contributed by atoms with Gasteiger partial charge in [-0.3, -0.25) is 0 Å². The van der Waals surface area contributed by atoms with Crippen LogP contribution >= 0.6 is 0 Å². The van der Waals surface area contributed by atoms with Crippen LogP contribution in [-0.2, 0) is 0 Å². The Hall–Kier alpha value is 0. The molecule has 4 bridgehead atoms. The zero-order chi connectivity index (χ0) is 8.40. The summed E-state index contributed by atoms with van der Waals surface area (Å²) in [6.07, 6.45) is 6.61. The number of rotatable bonds is 0. The molecule has 0 N–H and O–H groups in total. The van der Waals surface area contributed by atoms with Gasteiger partial charge in [-0.2, -0.15) is 0 Å². The summed E-state index contributed by atoms with van der Waals surface area (Å²) in [7, 11) is 0. The molecule has 56 valence electrons. The van der Waals surface area contributed by atoms with Gasteiger partial charge in [0.1, 0.15) is 0 Å². The monoisotopic (exact) mass is 138 g/mol. The minimum Gasteiger partial charge on any atom is -0.0475 e. The fourth-order valence-electron chi connectivity index (χ4n) is 3.39. The molecule has 0 saturated heterocycles. The van der Waals surface area contributed by atoms with Crippen LogP contribution in [0.3, 0.4) is 0 Å². The van der Waals surface area contributed by atoms with Crippen molar-refractivity contribution >= 4 is 0 Å². The van der Waals surface area contributed by atoms with Crippen molar-refractivity contribution in [3.05, 3.63) is 0 Å². The predicted octanol–water partition coefficient (Wildman–Crippen LogP) is 2.83. The van der Waals surface area contributed by atoms with Crippen molar-refractivity contribution in [2.45, 2.75) is 38.5 Å². The van der Waals surface area contributed by atoms with E-state index in [4.69, 9.17) is 2.74 Å². The molecule has 0 aromatic rings. The van der Waals surface area contributed by atoms with Crippen molar-refractivity contribution in [1.29, 1.82) is 0 Å². The molecule has 4 rings (SSSR count). The zero-order valence-electron chi connectivity index (χ0n) is 8.40. The maximum Gasteiger partial charge on any atom is 0.0303 e. The van der Waals surface area contributed by atoms with E-state index in [0.717, 1.165) is 43.9 Å². The van der Waals surface area contributed by atoms with Crippen LogP contribution in [0.15, 0.2) is 0 Å². The molecule has 0 amide bonds. The number of hydrogen-bond acceptors (Lipinski definition) is 0. The average molecular weight is 138 g/mol. The van der Waals surface area contributed by atoms with Crippen LogP contribution in [0.1, 0.15) is 41.3 Å². The van der Waals surface area contributed by atoms with E-state index in [1.807, 2.05) is 0 Å². The van der Waals surface area contributed by atoms with Gasteiger partial charge >= 0.3 is 0 Å². The third-order valence-electron chi connectivity index (χ3n) is 3.48. The van der Waals surface area contributed by atoms with Crippen molar-refractivity contribution in [3.63, 3.8) is 0 Å². The summed E-state index contributed by atoms with van der Waals surface area (Å²) in [6, 6.07) is 0. The van der Waals surface area contributed by atoms with Gasteiger partial charge in [-0.25, -0.2) is 0 Å². The summed E-state index contributed by atoms with van der Waals surface area (Å²) in [5.41, 5.74) is 0. The molecular weight excluding hydrogens is 120 g/mol. The second-order valence-electron chi connectivity index (χ2n) is 4.46. The van der Waals surface area contributed by atoms with Gasteiger partial charge in [-0.05, 0) is 62.1 Å². The minimum absolute atomic E-state index is 0.175. The normalized spacial score (nSPS) is 75.2. The summed E-state index contributed by atoms with van der Waals surface area (Å²) in [4.78, 5) is 0. The Balaban J connectivity index is 1.98. The predicted molar refractivity (Wildman–Crippen MR) is 41.7 cm³/mol. The molecule has 0 unspecified atom stereocenters. The van der Waals surface area contributed by atoms with Crippen molar-refractivity contribution in [3.8, 4) is 0 Å². The molecular formula is C10H16. The van der Waals surface area contributed by atoms with Gasteiger partial charge in [0.15, 0.2) is 0 Å². The molecule has 0 radical (unpaired) electrons. The second kappa shape index (κ2) is 1.78. The van der Waals surface area contributed by atoms with Gasteiger partial charge in [-0.15, -0.1) is 0 Å². The molecule has 0 aliphatic heterocycles. The topological polar surface area (TPSA) is 0 Å².